The summed E-state index contributed by atoms with van der Waals surface area (Å²) in [4.78, 5) is 35.9. The number of hydrogen-bond acceptors (Lipinski definition) is 3. The summed E-state index contributed by atoms with van der Waals surface area (Å²) in [5.74, 6) is -1.33. The molecule has 1 N–H and O–H groups in total. The second-order valence-corrected chi connectivity index (χ2v) is 5.19. The number of alkyl halides is 3. The Labute approximate surface area is 124 Å². The molecule has 5 nitrogen and oxygen atoms in total. The molecule has 3 amide bonds. The fourth-order valence-electron chi connectivity index (χ4n) is 2.41. The number of imide groups is 1. The van der Waals surface area contributed by atoms with Gasteiger partial charge in [0, 0.05) is 0 Å². The summed E-state index contributed by atoms with van der Waals surface area (Å²) in [5, 5.41) is 2.25. The first kappa shape index (κ1) is 16.0. The molecule has 1 aliphatic heterocycles. The average molecular weight is 314 g/mol. The number of ketones is 1. The molecule has 0 bridgehead atoms. The van der Waals surface area contributed by atoms with Crippen molar-refractivity contribution in [3.8, 4) is 0 Å². The molecule has 1 saturated heterocycles. The van der Waals surface area contributed by atoms with Gasteiger partial charge >= 0.3 is 12.2 Å². The highest BCUT2D eigenvalue weighted by Crippen LogP contribution is 2.39. The zero-order valence-electron chi connectivity index (χ0n) is 11.8. The zero-order valence-corrected chi connectivity index (χ0v) is 11.8. The standard InChI is InChI=1S/C14H13F3N2O3/c1-8(20)7-19-11(21)13(2,18-12(19)22)9-5-3-4-6-10(9)14(15,16)17/h3-6H,7H2,1-2H3,(H,18,22)/t13-/m1/s1. The van der Waals surface area contributed by atoms with E-state index in [0.29, 0.717) is 4.90 Å². The number of amides is 3. The van der Waals surface area contributed by atoms with Gasteiger partial charge in [0.1, 0.15) is 11.3 Å². The van der Waals surface area contributed by atoms with Crippen LogP contribution in [0, 0.1) is 0 Å². The van der Waals surface area contributed by atoms with Crippen molar-refractivity contribution < 1.29 is 27.6 Å². The number of carbonyl (C=O) groups excluding carboxylic acids is 3. The third kappa shape index (κ3) is 2.56. The van der Waals surface area contributed by atoms with Gasteiger partial charge in [-0.2, -0.15) is 13.2 Å². The molecule has 8 heteroatoms. The summed E-state index contributed by atoms with van der Waals surface area (Å²) in [6.45, 7) is 1.90. The Bertz CT molecular complexity index is 657. The van der Waals surface area contributed by atoms with E-state index in [4.69, 9.17) is 0 Å². The summed E-state index contributed by atoms with van der Waals surface area (Å²) in [6, 6.07) is 3.64. The van der Waals surface area contributed by atoms with Gasteiger partial charge in [-0.25, -0.2) is 4.79 Å². The first-order valence-corrected chi connectivity index (χ1v) is 6.37. The molecule has 118 valence electrons. The van der Waals surface area contributed by atoms with Crippen LogP contribution in [-0.2, 0) is 21.3 Å². The van der Waals surface area contributed by atoms with Crippen LogP contribution in [0.3, 0.4) is 0 Å². The molecule has 1 aromatic rings. The van der Waals surface area contributed by atoms with Crippen molar-refractivity contribution in [1.29, 1.82) is 0 Å². The lowest BCUT2D eigenvalue weighted by Crippen LogP contribution is -2.42. The Hall–Kier alpha value is -2.38. The molecule has 22 heavy (non-hydrogen) atoms. The topological polar surface area (TPSA) is 66.5 Å². The Balaban J connectivity index is 2.52. The minimum Gasteiger partial charge on any atom is -0.319 e. The molecule has 0 spiro atoms. The van der Waals surface area contributed by atoms with E-state index in [9.17, 15) is 27.6 Å². The predicted molar refractivity (Wildman–Crippen MR) is 69.7 cm³/mol. The van der Waals surface area contributed by atoms with E-state index in [0.717, 1.165) is 12.1 Å². The number of urea groups is 1. The minimum absolute atomic E-state index is 0.355. The monoisotopic (exact) mass is 314 g/mol. The van der Waals surface area contributed by atoms with Gasteiger partial charge in [-0.1, -0.05) is 18.2 Å². The van der Waals surface area contributed by atoms with E-state index in [1.54, 1.807) is 0 Å². The van der Waals surface area contributed by atoms with Gasteiger partial charge < -0.3 is 5.32 Å². The minimum atomic E-state index is -4.67. The molecule has 0 saturated carbocycles. The number of halogens is 3. The summed E-state index contributed by atoms with van der Waals surface area (Å²) in [5.41, 5.74) is -3.22. The van der Waals surface area contributed by atoms with Crippen molar-refractivity contribution in [1.82, 2.24) is 10.2 Å². The van der Waals surface area contributed by atoms with Crippen molar-refractivity contribution in [3.05, 3.63) is 35.4 Å². The van der Waals surface area contributed by atoms with Crippen molar-refractivity contribution in [3.63, 3.8) is 0 Å². The largest absolute Gasteiger partial charge is 0.416 e. The number of hydrogen-bond donors (Lipinski definition) is 1. The maximum Gasteiger partial charge on any atom is 0.416 e. The SMILES string of the molecule is CC(=O)CN1C(=O)N[C@](C)(c2ccccc2C(F)(F)F)C1=O. The van der Waals surface area contributed by atoms with E-state index in [2.05, 4.69) is 5.32 Å². The Morgan fingerprint density at radius 2 is 1.86 bits per heavy atom. The summed E-state index contributed by atoms with van der Waals surface area (Å²) in [7, 11) is 0. The van der Waals surface area contributed by atoms with Crippen LogP contribution in [0.4, 0.5) is 18.0 Å². The van der Waals surface area contributed by atoms with E-state index in [1.807, 2.05) is 0 Å². The molecule has 1 aliphatic rings. The number of benzene rings is 1. The fraction of sp³-hybridized carbons (Fsp3) is 0.357. The van der Waals surface area contributed by atoms with Crippen LogP contribution < -0.4 is 5.32 Å². The molecule has 1 fully saturated rings. The molecule has 1 aromatic carbocycles. The van der Waals surface area contributed by atoms with Crippen LogP contribution in [-0.4, -0.2) is 29.2 Å². The van der Waals surface area contributed by atoms with Gasteiger partial charge in [0.2, 0.25) is 0 Å². The van der Waals surface area contributed by atoms with E-state index in [1.165, 1.54) is 26.0 Å². The van der Waals surface area contributed by atoms with Crippen LogP contribution in [0.5, 0.6) is 0 Å². The van der Waals surface area contributed by atoms with Crippen molar-refractivity contribution in [2.45, 2.75) is 25.6 Å². The lowest BCUT2D eigenvalue weighted by Gasteiger charge is -2.25. The van der Waals surface area contributed by atoms with Crippen LogP contribution in [0.2, 0.25) is 0 Å². The Kier molecular flexibility index (Phi) is 3.72. The highest BCUT2D eigenvalue weighted by atomic mass is 19.4. The summed E-state index contributed by atoms with van der Waals surface area (Å²) in [6.07, 6.45) is -4.67. The summed E-state index contributed by atoms with van der Waals surface area (Å²) >= 11 is 0. The van der Waals surface area contributed by atoms with Gasteiger partial charge in [0.05, 0.1) is 12.1 Å². The maximum absolute atomic E-state index is 13.1. The second kappa shape index (κ2) is 5.11. The third-order valence-electron chi connectivity index (χ3n) is 3.43. The summed E-state index contributed by atoms with van der Waals surface area (Å²) < 4.78 is 39.3. The molecule has 1 atom stereocenters. The van der Waals surface area contributed by atoms with Crippen molar-refractivity contribution >= 4 is 17.7 Å². The van der Waals surface area contributed by atoms with E-state index >= 15 is 0 Å². The molecule has 2 rings (SSSR count). The number of nitrogens with zero attached hydrogens (tertiary/aromatic N) is 1. The number of rotatable bonds is 3. The highest BCUT2D eigenvalue weighted by Gasteiger charge is 2.52. The molecular weight excluding hydrogens is 301 g/mol. The Morgan fingerprint density at radius 3 is 2.41 bits per heavy atom. The molecule has 0 unspecified atom stereocenters. The van der Waals surface area contributed by atoms with Gasteiger partial charge in [-0.05, 0) is 25.5 Å². The first-order valence-electron chi connectivity index (χ1n) is 6.37. The van der Waals surface area contributed by atoms with Crippen LogP contribution in [0.25, 0.3) is 0 Å². The normalized spacial score (nSPS) is 22.0. The number of nitrogens with one attached hydrogen (secondary N) is 1. The lowest BCUT2D eigenvalue weighted by atomic mass is 9.87. The quantitative estimate of drug-likeness (QED) is 0.869. The van der Waals surface area contributed by atoms with Gasteiger partial charge in [-0.3, -0.25) is 14.5 Å². The van der Waals surface area contributed by atoms with E-state index < -0.39 is 41.5 Å². The van der Waals surface area contributed by atoms with Gasteiger partial charge in [0.15, 0.2) is 0 Å². The highest BCUT2D eigenvalue weighted by molar-refractivity contribution is 6.09. The molecule has 0 aliphatic carbocycles. The first-order chi connectivity index (χ1) is 10.1. The average Bonchev–Trinajstić information content (AvgIpc) is 2.62. The molecule has 0 radical (unpaired) electrons. The molecule has 0 aromatic heterocycles. The lowest BCUT2D eigenvalue weighted by molar-refractivity contribution is -0.140. The molecule has 1 heterocycles. The van der Waals surface area contributed by atoms with Gasteiger partial charge in [-0.15, -0.1) is 0 Å². The fourth-order valence-corrected chi connectivity index (χ4v) is 2.41. The number of Topliss-reactive ketones (excluding diaryl/α,β-unsaturated/α-hetero) is 1. The maximum atomic E-state index is 13.1. The van der Waals surface area contributed by atoms with Crippen LogP contribution >= 0.6 is 0 Å². The van der Waals surface area contributed by atoms with Crippen molar-refractivity contribution in [2.75, 3.05) is 6.54 Å². The Morgan fingerprint density at radius 1 is 1.27 bits per heavy atom. The smallest absolute Gasteiger partial charge is 0.319 e. The van der Waals surface area contributed by atoms with Crippen LogP contribution in [0.15, 0.2) is 24.3 Å². The predicted octanol–water partition coefficient (Wildman–Crippen LogP) is 2.06. The number of carbonyl (C=O) groups is 3. The second-order valence-electron chi connectivity index (χ2n) is 5.19. The zero-order chi connectivity index (χ0) is 16.7. The van der Waals surface area contributed by atoms with Crippen LogP contribution in [0.1, 0.15) is 25.0 Å². The third-order valence-corrected chi connectivity index (χ3v) is 3.43. The van der Waals surface area contributed by atoms with E-state index in [-0.39, 0.29) is 5.56 Å². The van der Waals surface area contributed by atoms with Gasteiger partial charge in [0.25, 0.3) is 5.91 Å². The molecular formula is C14H13F3N2O3. The van der Waals surface area contributed by atoms with Crippen molar-refractivity contribution in [2.24, 2.45) is 0 Å².